The van der Waals surface area contributed by atoms with E-state index in [4.69, 9.17) is 4.42 Å². The molecular formula is C20H19F2N5O3. The molecule has 3 aromatic rings. The van der Waals surface area contributed by atoms with E-state index in [9.17, 15) is 18.4 Å². The van der Waals surface area contributed by atoms with Crippen molar-refractivity contribution in [1.82, 2.24) is 24.2 Å². The van der Waals surface area contributed by atoms with Crippen LogP contribution in [0.25, 0.3) is 11.5 Å². The molecule has 1 amide bonds. The highest BCUT2D eigenvalue weighted by Crippen LogP contribution is 2.29. The standard InChI is InChI=1S/C20H19F2N5O3/c1-25-20(29)27-9-11(2-3-17(27)24-25)19(28)26-5-4-16-15(10-26)23-18(30-16)12-6-13(21)8-14(22)7-12/h6-8,11H,2-5,9-10H2,1H3. The number of oxazole rings is 1. The van der Waals surface area contributed by atoms with Crippen LogP contribution in [-0.2, 0) is 37.8 Å². The molecule has 156 valence electrons. The van der Waals surface area contributed by atoms with Crippen molar-refractivity contribution in [1.29, 1.82) is 0 Å². The van der Waals surface area contributed by atoms with Crippen LogP contribution in [0.1, 0.15) is 23.7 Å². The number of aromatic nitrogens is 4. The zero-order valence-corrected chi connectivity index (χ0v) is 16.3. The lowest BCUT2D eigenvalue weighted by molar-refractivity contribution is -0.137. The first-order chi connectivity index (χ1) is 14.4. The van der Waals surface area contributed by atoms with Crippen molar-refractivity contribution in [3.05, 3.63) is 57.6 Å². The second kappa shape index (κ2) is 6.89. The van der Waals surface area contributed by atoms with E-state index in [1.54, 1.807) is 16.5 Å². The summed E-state index contributed by atoms with van der Waals surface area (Å²) in [5.74, 6) is -0.297. The van der Waals surface area contributed by atoms with Gasteiger partial charge < -0.3 is 9.32 Å². The molecule has 0 bridgehead atoms. The van der Waals surface area contributed by atoms with E-state index in [2.05, 4.69) is 10.1 Å². The van der Waals surface area contributed by atoms with Crippen molar-refractivity contribution in [2.75, 3.05) is 6.54 Å². The molecule has 1 atom stereocenters. The third-order valence-electron chi connectivity index (χ3n) is 5.70. The molecular weight excluding hydrogens is 396 g/mol. The Hall–Kier alpha value is -3.30. The van der Waals surface area contributed by atoms with Crippen molar-refractivity contribution < 1.29 is 18.0 Å². The Labute approximate surface area is 169 Å². The van der Waals surface area contributed by atoms with E-state index in [1.807, 2.05) is 0 Å². The average Bonchev–Trinajstić information content (AvgIpc) is 3.27. The largest absolute Gasteiger partial charge is 0.441 e. The average molecular weight is 415 g/mol. The molecule has 0 fully saturated rings. The third-order valence-corrected chi connectivity index (χ3v) is 5.70. The van der Waals surface area contributed by atoms with Crippen LogP contribution in [0, 0.1) is 17.6 Å². The fourth-order valence-electron chi connectivity index (χ4n) is 4.19. The summed E-state index contributed by atoms with van der Waals surface area (Å²) in [5.41, 5.74) is 0.590. The van der Waals surface area contributed by atoms with Gasteiger partial charge in [0.25, 0.3) is 0 Å². The van der Waals surface area contributed by atoms with E-state index >= 15 is 0 Å². The van der Waals surface area contributed by atoms with E-state index in [0.717, 1.165) is 18.2 Å². The lowest BCUT2D eigenvalue weighted by atomic mass is 9.97. The number of carbonyl (C=O) groups is 1. The number of aryl methyl sites for hydroxylation is 2. The fraction of sp³-hybridized carbons (Fsp3) is 0.400. The maximum atomic E-state index is 13.5. The molecule has 0 saturated heterocycles. The highest BCUT2D eigenvalue weighted by Gasteiger charge is 2.33. The van der Waals surface area contributed by atoms with Crippen molar-refractivity contribution in [3.63, 3.8) is 0 Å². The molecule has 10 heteroatoms. The quantitative estimate of drug-likeness (QED) is 0.636. The summed E-state index contributed by atoms with van der Waals surface area (Å²) in [4.78, 5) is 31.3. The molecule has 1 aromatic carbocycles. The molecule has 0 radical (unpaired) electrons. The number of hydrogen-bond acceptors (Lipinski definition) is 5. The molecule has 0 saturated carbocycles. The van der Waals surface area contributed by atoms with E-state index in [0.29, 0.717) is 49.6 Å². The van der Waals surface area contributed by atoms with Gasteiger partial charge in [-0.1, -0.05) is 0 Å². The summed E-state index contributed by atoms with van der Waals surface area (Å²) in [7, 11) is 1.60. The third kappa shape index (κ3) is 3.12. The van der Waals surface area contributed by atoms with Gasteiger partial charge >= 0.3 is 5.69 Å². The second-order valence-corrected chi connectivity index (χ2v) is 7.73. The highest BCUT2D eigenvalue weighted by atomic mass is 19.1. The lowest BCUT2D eigenvalue weighted by Crippen LogP contribution is -2.43. The van der Waals surface area contributed by atoms with Crippen LogP contribution in [0.3, 0.4) is 0 Å². The van der Waals surface area contributed by atoms with Crippen LogP contribution in [0.5, 0.6) is 0 Å². The first-order valence-corrected chi connectivity index (χ1v) is 9.75. The van der Waals surface area contributed by atoms with Crippen LogP contribution in [0.4, 0.5) is 8.78 Å². The van der Waals surface area contributed by atoms with Crippen LogP contribution in [0.2, 0.25) is 0 Å². The summed E-state index contributed by atoms with van der Waals surface area (Å²) < 4.78 is 35.6. The smallest absolute Gasteiger partial charge is 0.345 e. The monoisotopic (exact) mass is 415 g/mol. The van der Waals surface area contributed by atoms with Crippen molar-refractivity contribution >= 4 is 5.91 Å². The molecule has 0 spiro atoms. The van der Waals surface area contributed by atoms with E-state index < -0.39 is 11.6 Å². The molecule has 4 heterocycles. The minimum atomic E-state index is -0.708. The van der Waals surface area contributed by atoms with Gasteiger partial charge in [-0.3, -0.25) is 9.36 Å². The van der Waals surface area contributed by atoms with Gasteiger partial charge in [-0.2, -0.15) is 5.10 Å². The van der Waals surface area contributed by atoms with Gasteiger partial charge in [0.1, 0.15) is 28.9 Å². The Kier molecular flexibility index (Phi) is 4.30. The number of amides is 1. The van der Waals surface area contributed by atoms with Crippen molar-refractivity contribution in [2.45, 2.75) is 32.4 Å². The molecule has 8 nitrogen and oxygen atoms in total. The molecule has 1 unspecified atom stereocenters. The summed E-state index contributed by atoms with van der Waals surface area (Å²) >= 11 is 0. The predicted molar refractivity (Wildman–Crippen MR) is 100 cm³/mol. The Morgan fingerprint density at radius 1 is 1.20 bits per heavy atom. The number of hydrogen-bond donors (Lipinski definition) is 0. The SMILES string of the molecule is Cn1nc2n(c1=O)CC(C(=O)N1CCc3oc(-c4cc(F)cc(F)c4)nc3C1)CC2. The number of carbonyl (C=O) groups excluding carboxylic acids is 1. The number of rotatable bonds is 2. The van der Waals surface area contributed by atoms with Crippen LogP contribution in [0.15, 0.2) is 27.4 Å². The molecule has 30 heavy (non-hydrogen) atoms. The van der Waals surface area contributed by atoms with Gasteiger partial charge in [0.2, 0.25) is 11.8 Å². The molecule has 5 rings (SSSR count). The van der Waals surface area contributed by atoms with Gasteiger partial charge in [0, 0.05) is 44.6 Å². The number of nitrogens with zero attached hydrogens (tertiary/aromatic N) is 5. The van der Waals surface area contributed by atoms with Crippen LogP contribution in [-0.4, -0.2) is 36.7 Å². The minimum Gasteiger partial charge on any atom is -0.441 e. The molecule has 0 N–H and O–H groups in total. The second-order valence-electron chi connectivity index (χ2n) is 7.73. The van der Waals surface area contributed by atoms with E-state index in [1.165, 1.54) is 4.68 Å². The maximum Gasteiger partial charge on any atom is 0.345 e. The first-order valence-electron chi connectivity index (χ1n) is 9.75. The van der Waals surface area contributed by atoms with Gasteiger partial charge in [-0.15, -0.1) is 0 Å². The summed E-state index contributed by atoms with van der Waals surface area (Å²) in [6.07, 6.45) is 1.67. The molecule has 0 aliphatic carbocycles. The number of benzene rings is 1. The summed E-state index contributed by atoms with van der Waals surface area (Å²) in [6, 6.07) is 3.11. The van der Waals surface area contributed by atoms with E-state index in [-0.39, 0.29) is 35.5 Å². The van der Waals surface area contributed by atoms with Crippen LogP contribution >= 0.6 is 0 Å². The fourth-order valence-corrected chi connectivity index (χ4v) is 4.19. The lowest BCUT2D eigenvalue weighted by Gasteiger charge is -2.31. The summed E-state index contributed by atoms with van der Waals surface area (Å²) in [5, 5.41) is 4.20. The van der Waals surface area contributed by atoms with Gasteiger partial charge in [0.15, 0.2) is 0 Å². The summed E-state index contributed by atoms with van der Waals surface area (Å²) in [6.45, 7) is 1.04. The van der Waals surface area contributed by atoms with Crippen molar-refractivity contribution in [3.8, 4) is 11.5 Å². The predicted octanol–water partition coefficient (Wildman–Crippen LogP) is 1.66. The Balaban J connectivity index is 1.34. The Bertz CT molecular complexity index is 1190. The van der Waals surface area contributed by atoms with Gasteiger partial charge in [0.05, 0.1) is 12.5 Å². The topological polar surface area (TPSA) is 86.2 Å². The Morgan fingerprint density at radius 2 is 1.97 bits per heavy atom. The molecule has 2 aromatic heterocycles. The van der Waals surface area contributed by atoms with Gasteiger partial charge in [-0.25, -0.2) is 23.2 Å². The molecule has 2 aliphatic rings. The Morgan fingerprint density at radius 3 is 2.73 bits per heavy atom. The first kappa shape index (κ1) is 18.7. The zero-order valence-electron chi connectivity index (χ0n) is 16.3. The maximum absolute atomic E-state index is 13.5. The molecule has 2 aliphatic heterocycles. The van der Waals surface area contributed by atoms with Crippen molar-refractivity contribution in [2.24, 2.45) is 13.0 Å². The van der Waals surface area contributed by atoms with Gasteiger partial charge in [-0.05, 0) is 18.6 Å². The minimum absolute atomic E-state index is 0.0385. The number of fused-ring (bicyclic) bond motifs is 2. The van der Waals surface area contributed by atoms with Crippen LogP contribution < -0.4 is 5.69 Å². The normalized spacial score (nSPS) is 18.2. The zero-order chi connectivity index (χ0) is 21.0. The number of halogens is 2. The highest BCUT2D eigenvalue weighted by molar-refractivity contribution is 5.79.